The Morgan fingerprint density at radius 2 is 1.86 bits per heavy atom. The molecule has 148 valence electrons. The van der Waals surface area contributed by atoms with E-state index < -0.39 is 0 Å². The van der Waals surface area contributed by atoms with E-state index >= 15 is 0 Å². The number of halogens is 1. The summed E-state index contributed by atoms with van der Waals surface area (Å²) in [5.41, 5.74) is 1.27. The maximum atomic E-state index is 13.5. The van der Waals surface area contributed by atoms with Crippen LogP contribution in [0.5, 0.6) is 11.5 Å². The molecule has 0 fully saturated rings. The van der Waals surface area contributed by atoms with Crippen molar-refractivity contribution >= 4 is 55.2 Å². The van der Waals surface area contributed by atoms with E-state index in [0.29, 0.717) is 33.5 Å². The summed E-state index contributed by atoms with van der Waals surface area (Å²) in [6.07, 6.45) is 1.59. The quantitative estimate of drug-likeness (QED) is 0.321. The number of ether oxygens (including phenoxy) is 2. The van der Waals surface area contributed by atoms with Gasteiger partial charge in [-0.25, -0.2) is 4.98 Å². The van der Waals surface area contributed by atoms with Gasteiger partial charge in [-0.1, -0.05) is 23.5 Å². The van der Waals surface area contributed by atoms with Crippen molar-refractivity contribution in [1.29, 1.82) is 0 Å². The molecule has 0 aliphatic heterocycles. The molecule has 6 nitrogen and oxygen atoms in total. The van der Waals surface area contributed by atoms with Crippen molar-refractivity contribution in [2.24, 2.45) is 0 Å². The smallest absolute Gasteiger partial charge is 0.261 e. The Hall–Kier alpha value is -2.59. The van der Waals surface area contributed by atoms with Crippen molar-refractivity contribution in [2.45, 2.75) is 6.54 Å². The number of furan rings is 1. The van der Waals surface area contributed by atoms with Gasteiger partial charge < -0.3 is 13.9 Å². The summed E-state index contributed by atoms with van der Waals surface area (Å²) in [6.45, 7) is 0.265. The lowest BCUT2D eigenvalue weighted by Gasteiger charge is -2.19. The molecule has 0 radical (unpaired) electrons. The lowest BCUT2D eigenvalue weighted by molar-refractivity contribution is 0.0982. The molecule has 0 spiro atoms. The van der Waals surface area contributed by atoms with Gasteiger partial charge in [-0.15, -0.1) is 0 Å². The number of methoxy groups -OCH3 is 2. The lowest BCUT2D eigenvalue weighted by atomic mass is 10.2. The number of carbonyl (C=O) groups excluding carboxylic acids is 1. The fourth-order valence-corrected chi connectivity index (χ4v) is 4.64. The van der Waals surface area contributed by atoms with Crippen molar-refractivity contribution in [2.75, 3.05) is 19.1 Å². The van der Waals surface area contributed by atoms with Crippen molar-refractivity contribution in [1.82, 2.24) is 4.98 Å². The number of thiazole rings is 1. The molecule has 29 heavy (non-hydrogen) atoms. The number of hydrogen-bond acceptors (Lipinski definition) is 6. The highest BCUT2D eigenvalue weighted by Crippen LogP contribution is 2.40. The van der Waals surface area contributed by atoms with Gasteiger partial charge in [0.1, 0.15) is 27.5 Å². The molecule has 1 amide bonds. The Labute approximate surface area is 185 Å². The van der Waals surface area contributed by atoms with Gasteiger partial charge in [-0.05, 0) is 59.0 Å². The number of aromatic nitrogens is 1. The average molecular weight is 520 g/mol. The molecule has 4 aromatic rings. The van der Waals surface area contributed by atoms with Gasteiger partial charge in [-0.2, -0.15) is 0 Å². The Morgan fingerprint density at radius 1 is 1.10 bits per heavy atom. The molecule has 8 heteroatoms. The second-order valence-electron chi connectivity index (χ2n) is 6.09. The molecule has 4 rings (SSSR count). The summed E-state index contributed by atoms with van der Waals surface area (Å²) < 4.78 is 18.1. The number of benzene rings is 2. The Kier molecular flexibility index (Phi) is 5.72. The summed E-state index contributed by atoms with van der Waals surface area (Å²) in [5.74, 6) is 1.83. The van der Waals surface area contributed by atoms with E-state index in [1.165, 1.54) is 11.3 Å². The van der Waals surface area contributed by atoms with Crippen LogP contribution in [0.1, 0.15) is 16.1 Å². The van der Waals surface area contributed by atoms with Crippen LogP contribution >= 0.6 is 33.9 Å². The molecule has 2 aromatic heterocycles. The van der Waals surface area contributed by atoms with E-state index in [9.17, 15) is 4.79 Å². The van der Waals surface area contributed by atoms with Gasteiger partial charge in [0.15, 0.2) is 5.13 Å². The predicted molar refractivity (Wildman–Crippen MR) is 121 cm³/mol. The van der Waals surface area contributed by atoms with Gasteiger partial charge in [0, 0.05) is 3.57 Å². The first-order valence-electron chi connectivity index (χ1n) is 8.72. The zero-order chi connectivity index (χ0) is 20.4. The molecule has 2 aromatic carbocycles. The zero-order valence-electron chi connectivity index (χ0n) is 15.7. The van der Waals surface area contributed by atoms with E-state index in [4.69, 9.17) is 18.9 Å². The SMILES string of the molecule is COc1ccc(OC)c2sc(N(Cc3ccco3)C(=O)c3ccccc3I)nc12. The normalized spacial score (nSPS) is 10.9. The topological polar surface area (TPSA) is 64.8 Å². The monoisotopic (exact) mass is 520 g/mol. The van der Waals surface area contributed by atoms with Gasteiger partial charge >= 0.3 is 0 Å². The maximum Gasteiger partial charge on any atom is 0.261 e. The van der Waals surface area contributed by atoms with E-state index in [1.54, 1.807) is 31.4 Å². The first kappa shape index (κ1) is 19.7. The third kappa shape index (κ3) is 3.82. The summed E-state index contributed by atoms with van der Waals surface area (Å²) >= 11 is 3.55. The Balaban J connectivity index is 1.85. The molecule has 0 aliphatic rings. The molecule has 0 saturated carbocycles. The largest absolute Gasteiger partial charge is 0.495 e. The highest BCUT2D eigenvalue weighted by atomic mass is 127. The molecule has 0 unspecified atom stereocenters. The van der Waals surface area contributed by atoms with Crippen LogP contribution in [0.2, 0.25) is 0 Å². The van der Waals surface area contributed by atoms with Gasteiger partial charge in [0.25, 0.3) is 5.91 Å². The second-order valence-corrected chi connectivity index (χ2v) is 8.23. The van der Waals surface area contributed by atoms with Crippen molar-refractivity contribution < 1.29 is 18.7 Å². The third-order valence-electron chi connectivity index (χ3n) is 4.37. The van der Waals surface area contributed by atoms with E-state index in [-0.39, 0.29) is 12.5 Å². The van der Waals surface area contributed by atoms with Crippen LogP contribution < -0.4 is 14.4 Å². The van der Waals surface area contributed by atoms with Crippen LogP contribution in [-0.2, 0) is 6.54 Å². The number of carbonyl (C=O) groups is 1. The maximum absolute atomic E-state index is 13.5. The summed E-state index contributed by atoms with van der Waals surface area (Å²) in [6, 6.07) is 14.8. The molecule has 2 heterocycles. The fourth-order valence-electron chi connectivity index (χ4n) is 2.95. The summed E-state index contributed by atoms with van der Waals surface area (Å²) in [4.78, 5) is 19.8. The molecular formula is C21H17IN2O4S. The molecule has 0 aliphatic carbocycles. The standard InChI is InChI=1S/C21H17IN2O4S/c1-26-16-9-10-17(27-2)19-18(16)23-21(29-19)24(12-13-6-5-11-28-13)20(25)14-7-3-4-8-15(14)22/h3-11H,12H2,1-2H3. The first-order chi connectivity index (χ1) is 14.1. The average Bonchev–Trinajstić information content (AvgIpc) is 3.41. The lowest BCUT2D eigenvalue weighted by Crippen LogP contribution is -2.30. The highest BCUT2D eigenvalue weighted by Gasteiger charge is 2.25. The van der Waals surface area contributed by atoms with Crippen molar-refractivity contribution in [3.8, 4) is 11.5 Å². The number of fused-ring (bicyclic) bond motifs is 1. The van der Waals surface area contributed by atoms with Crippen LogP contribution in [0, 0.1) is 3.57 Å². The molecule has 0 N–H and O–H groups in total. The van der Waals surface area contributed by atoms with E-state index in [2.05, 4.69) is 22.6 Å². The van der Waals surface area contributed by atoms with Crippen LogP contribution in [0.15, 0.2) is 59.2 Å². The summed E-state index contributed by atoms with van der Waals surface area (Å²) in [7, 11) is 3.21. The van der Waals surface area contributed by atoms with Crippen LogP contribution in [0.4, 0.5) is 5.13 Å². The molecule has 0 saturated heterocycles. The number of amides is 1. The molecular weight excluding hydrogens is 503 g/mol. The molecule has 0 atom stereocenters. The predicted octanol–water partition coefficient (Wildman–Crippen LogP) is 5.36. The second kappa shape index (κ2) is 8.42. The fraction of sp³-hybridized carbons (Fsp3) is 0.143. The van der Waals surface area contributed by atoms with E-state index in [0.717, 1.165) is 8.27 Å². The highest BCUT2D eigenvalue weighted by molar-refractivity contribution is 14.1. The van der Waals surface area contributed by atoms with Gasteiger partial charge in [0.05, 0.1) is 32.6 Å². The minimum atomic E-state index is -0.150. The van der Waals surface area contributed by atoms with Crippen LogP contribution in [-0.4, -0.2) is 25.1 Å². The minimum absolute atomic E-state index is 0.150. The number of rotatable bonds is 6. The third-order valence-corrected chi connectivity index (χ3v) is 6.41. The Bertz CT molecular complexity index is 1120. The summed E-state index contributed by atoms with van der Waals surface area (Å²) in [5, 5.41) is 0.545. The number of anilines is 1. The Morgan fingerprint density at radius 3 is 2.55 bits per heavy atom. The zero-order valence-corrected chi connectivity index (χ0v) is 18.7. The van der Waals surface area contributed by atoms with Gasteiger partial charge in [0.2, 0.25) is 0 Å². The number of hydrogen-bond donors (Lipinski definition) is 0. The first-order valence-corrected chi connectivity index (χ1v) is 10.6. The number of nitrogens with zero attached hydrogens (tertiary/aromatic N) is 2. The molecule has 0 bridgehead atoms. The van der Waals surface area contributed by atoms with Crippen molar-refractivity contribution in [3.05, 3.63) is 69.7 Å². The van der Waals surface area contributed by atoms with Crippen molar-refractivity contribution in [3.63, 3.8) is 0 Å². The van der Waals surface area contributed by atoms with E-state index in [1.807, 2.05) is 42.5 Å². The van der Waals surface area contributed by atoms with Gasteiger partial charge in [-0.3, -0.25) is 9.69 Å². The van der Waals surface area contributed by atoms with Crippen LogP contribution in [0.25, 0.3) is 10.2 Å². The van der Waals surface area contributed by atoms with Crippen LogP contribution in [0.3, 0.4) is 0 Å². The minimum Gasteiger partial charge on any atom is -0.495 e.